The van der Waals surface area contributed by atoms with Gasteiger partial charge in [0.25, 0.3) is 0 Å². The van der Waals surface area contributed by atoms with Gasteiger partial charge in [0, 0.05) is 30.9 Å². The van der Waals surface area contributed by atoms with Crippen LogP contribution in [-0.4, -0.2) is 27.3 Å². The van der Waals surface area contributed by atoms with Gasteiger partial charge in [-0.3, -0.25) is 4.68 Å². The molecule has 0 bridgehead atoms. The van der Waals surface area contributed by atoms with Crippen LogP contribution in [0.3, 0.4) is 0 Å². The molecule has 29 heavy (non-hydrogen) atoms. The molecule has 152 valence electrons. The van der Waals surface area contributed by atoms with Crippen LogP contribution in [0.25, 0.3) is 0 Å². The summed E-state index contributed by atoms with van der Waals surface area (Å²) in [6, 6.07) is 18.5. The van der Waals surface area contributed by atoms with E-state index in [2.05, 4.69) is 54.6 Å². The van der Waals surface area contributed by atoms with E-state index in [4.69, 9.17) is 0 Å². The van der Waals surface area contributed by atoms with Gasteiger partial charge in [0.05, 0.1) is 12.2 Å². The van der Waals surface area contributed by atoms with E-state index in [0.717, 1.165) is 29.1 Å². The van der Waals surface area contributed by atoms with Gasteiger partial charge in [-0.1, -0.05) is 60.2 Å². The van der Waals surface area contributed by atoms with Crippen LogP contribution in [-0.2, 0) is 19.6 Å². The lowest BCUT2D eigenvalue weighted by atomic mass is 10.1. The molecule has 0 saturated carbocycles. The maximum atomic E-state index is 12.7. The number of carbonyl (C=O) groups is 1. The highest BCUT2D eigenvalue weighted by molar-refractivity contribution is 5.74. The zero-order valence-electron chi connectivity index (χ0n) is 17.8. The lowest BCUT2D eigenvalue weighted by Gasteiger charge is -2.22. The molecule has 1 heterocycles. The molecule has 0 aliphatic heterocycles. The van der Waals surface area contributed by atoms with Crippen LogP contribution in [0.15, 0.2) is 54.6 Å². The molecule has 1 aromatic heterocycles. The highest BCUT2D eigenvalue weighted by atomic mass is 16.2. The van der Waals surface area contributed by atoms with Crippen LogP contribution in [0, 0.1) is 20.8 Å². The number of amides is 2. The van der Waals surface area contributed by atoms with E-state index in [1.165, 1.54) is 11.1 Å². The third-order valence-electron chi connectivity index (χ3n) is 5.25. The van der Waals surface area contributed by atoms with Gasteiger partial charge in [0.15, 0.2) is 0 Å². The number of hydrogen-bond donors (Lipinski definition) is 1. The zero-order valence-corrected chi connectivity index (χ0v) is 17.8. The topological polar surface area (TPSA) is 50.2 Å². The van der Waals surface area contributed by atoms with Crippen LogP contribution >= 0.6 is 0 Å². The number of rotatable bonds is 7. The van der Waals surface area contributed by atoms with E-state index >= 15 is 0 Å². The summed E-state index contributed by atoms with van der Waals surface area (Å²) in [4.78, 5) is 14.6. The summed E-state index contributed by atoms with van der Waals surface area (Å²) in [5.74, 6) is 0. The Morgan fingerprint density at radius 3 is 2.45 bits per heavy atom. The molecule has 1 N–H and O–H groups in total. The van der Waals surface area contributed by atoms with Gasteiger partial charge in [0.1, 0.15) is 0 Å². The van der Waals surface area contributed by atoms with Crippen molar-refractivity contribution in [3.63, 3.8) is 0 Å². The average molecular weight is 391 g/mol. The fraction of sp³-hybridized carbons (Fsp3) is 0.333. The van der Waals surface area contributed by atoms with E-state index < -0.39 is 0 Å². The van der Waals surface area contributed by atoms with Gasteiger partial charge < -0.3 is 10.2 Å². The predicted molar refractivity (Wildman–Crippen MR) is 117 cm³/mol. The minimum atomic E-state index is -0.0522. The van der Waals surface area contributed by atoms with Crippen molar-refractivity contribution in [2.75, 3.05) is 6.54 Å². The van der Waals surface area contributed by atoms with Crippen molar-refractivity contribution in [2.45, 2.75) is 47.3 Å². The fourth-order valence-electron chi connectivity index (χ4n) is 3.53. The monoisotopic (exact) mass is 390 g/mol. The standard InChI is InChI=1S/C24H30N4O/c1-5-27(16-22-13-9-10-18(2)14-22)24(29)25-15-23-19(3)26-28(20(23)4)17-21-11-7-6-8-12-21/h6-14H,5,15-17H2,1-4H3,(H,25,29). The fourth-order valence-corrected chi connectivity index (χ4v) is 3.53. The van der Waals surface area contributed by atoms with Crippen molar-refractivity contribution in [3.8, 4) is 0 Å². The number of aromatic nitrogens is 2. The highest BCUT2D eigenvalue weighted by Crippen LogP contribution is 2.15. The second-order valence-electron chi connectivity index (χ2n) is 7.45. The SMILES string of the molecule is CCN(Cc1cccc(C)c1)C(=O)NCc1c(C)nn(Cc2ccccc2)c1C. The summed E-state index contributed by atoms with van der Waals surface area (Å²) in [7, 11) is 0. The van der Waals surface area contributed by atoms with E-state index in [0.29, 0.717) is 19.6 Å². The first kappa shape index (κ1) is 20.6. The van der Waals surface area contributed by atoms with Crippen LogP contribution in [0.2, 0.25) is 0 Å². The number of hydrogen-bond acceptors (Lipinski definition) is 2. The first-order valence-electron chi connectivity index (χ1n) is 10.1. The van der Waals surface area contributed by atoms with E-state index in [1.54, 1.807) is 0 Å². The van der Waals surface area contributed by atoms with Crippen molar-refractivity contribution in [1.82, 2.24) is 20.0 Å². The molecule has 0 unspecified atom stereocenters. The number of benzene rings is 2. The van der Waals surface area contributed by atoms with Crippen LogP contribution in [0.1, 0.15) is 40.6 Å². The number of urea groups is 1. The maximum absolute atomic E-state index is 12.7. The highest BCUT2D eigenvalue weighted by Gasteiger charge is 2.16. The number of aryl methyl sites for hydroxylation is 2. The molecule has 0 aliphatic rings. The first-order chi connectivity index (χ1) is 14.0. The Morgan fingerprint density at radius 2 is 1.76 bits per heavy atom. The lowest BCUT2D eigenvalue weighted by Crippen LogP contribution is -2.39. The Morgan fingerprint density at radius 1 is 1.03 bits per heavy atom. The van der Waals surface area contributed by atoms with Gasteiger partial charge in [-0.05, 0) is 38.8 Å². The summed E-state index contributed by atoms with van der Waals surface area (Å²) in [6.45, 7) is 10.6. The molecule has 0 spiro atoms. The zero-order chi connectivity index (χ0) is 20.8. The Bertz CT molecular complexity index is 962. The Hall–Kier alpha value is -3.08. The lowest BCUT2D eigenvalue weighted by molar-refractivity contribution is 0.197. The number of carbonyl (C=O) groups excluding carboxylic acids is 1. The van der Waals surface area contributed by atoms with Crippen molar-refractivity contribution in [2.24, 2.45) is 0 Å². The Kier molecular flexibility index (Phi) is 6.70. The molecular formula is C24H30N4O. The number of nitrogens with one attached hydrogen (secondary N) is 1. The molecule has 3 rings (SSSR count). The van der Waals surface area contributed by atoms with E-state index in [9.17, 15) is 4.79 Å². The summed E-state index contributed by atoms with van der Waals surface area (Å²) in [5, 5.41) is 7.75. The molecule has 3 aromatic rings. The van der Waals surface area contributed by atoms with Gasteiger partial charge in [-0.15, -0.1) is 0 Å². The third kappa shape index (κ3) is 5.25. The normalized spacial score (nSPS) is 10.8. The molecule has 5 heteroatoms. The Labute approximate surface area is 173 Å². The van der Waals surface area contributed by atoms with Crippen molar-refractivity contribution in [3.05, 3.63) is 88.2 Å². The molecule has 0 atom stereocenters. The Balaban J connectivity index is 1.64. The van der Waals surface area contributed by atoms with Crippen molar-refractivity contribution in [1.29, 1.82) is 0 Å². The van der Waals surface area contributed by atoms with Crippen LogP contribution in [0.4, 0.5) is 4.79 Å². The first-order valence-corrected chi connectivity index (χ1v) is 10.1. The summed E-state index contributed by atoms with van der Waals surface area (Å²) in [5.41, 5.74) is 6.69. The van der Waals surface area contributed by atoms with Gasteiger partial charge in [-0.2, -0.15) is 5.10 Å². The smallest absolute Gasteiger partial charge is 0.317 e. The molecule has 0 radical (unpaired) electrons. The minimum absolute atomic E-state index is 0.0522. The molecular weight excluding hydrogens is 360 g/mol. The largest absolute Gasteiger partial charge is 0.334 e. The maximum Gasteiger partial charge on any atom is 0.317 e. The van der Waals surface area contributed by atoms with Crippen LogP contribution in [0.5, 0.6) is 0 Å². The van der Waals surface area contributed by atoms with Crippen molar-refractivity contribution >= 4 is 6.03 Å². The van der Waals surface area contributed by atoms with Gasteiger partial charge >= 0.3 is 6.03 Å². The average Bonchev–Trinajstić information content (AvgIpc) is 2.98. The van der Waals surface area contributed by atoms with Gasteiger partial charge in [-0.25, -0.2) is 4.79 Å². The van der Waals surface area contributed by atoms with E-state index in [1.807, 2.05) is 47.7 Å². The molecule has 0 aliphatic carbocycles. The molecule has 0 saturated heterocycles. The van der Waals surface area contributed by atoms with E-state index in [-0.39, 0.29) is 6.03 Å². The van der Waals surface area contributed by atoms with Crippen molar-refractivity contribution < 1.29 is 4.79 Å². The third-order valence-corrected chi connectivity index (χ3v) is 5.25. The molecule has 5 nitrogen and oxygen atoms in total. The molecule has 2 aromatic carbocycles. The molecule has 0 fully saturated rings. The second-order valence-corrected chi connectivity index (χ2v) is 7.45. The summed E-state index contributed by atoms with van der Waals surface area (Å²) in [6.07, 6.45) is 0. The van der Waals surface area contributed by atoms with Gasteiger partial charge in [0.2, 0.25) is 0 Å². The summed E-state index contributed by atoms with van der Waals surface area (Å²) >= 11 is 0. The quantitative estimate of drug-likeness (QED) is 0.641. The second kappa shape index (κ2) is 9.41. The number of nitrogens with zero attached hydrogens (tertiary/aromatic N) is 3. The molecule has 2 amide bonds. The van der Waals surface area contributed by atoms with Crippen LogP contribution < -0.4 is 5.32 Å². The predicted octanol–water partition coefficient (Wildman–Crippen LogP) is 4.59. The minimum Gasteiger partial charge on any atom is -0.334 e. The summed E-state index contributed by atoms with van der Waals surface area (Å²) < 4.78 is 2.01.